The van der Waals surface area contributed by atoms with Crippen LogP contribution < -0.4 is 5.73 Å². The number of hydrogen-bond donors (Lipinski definition) is 1. The molecule has 0 unspecified atom stereocenters. The molecular formula is C12H11F2NOS. The Hall–Kier alpha value is -1.54. The standard InChI is InChI=1S/C12H11F2NOS/c1-8(16)17-5-3-2-4-9-6-10(13)11(14)7-12(9)15/h6-7H,3,5,15H2,1H3. The molecule has 2 nitrogen and oxygen atoms in total. The molecule has 0 saturated carbocycles. The van der Waals surface area contributed by atoms with E-state index in [2.05, 4.69) is 11.8 Å². The van der Waals surface area contributed by atoms with E-state index in [1.165, 1.54) is 18.7 Å². The van der Waals surface area contributed by atoms with Crippen LogP contribution in [0.3, 0.4) is 0 Å². The van der Waals surface area contributed by atoms with Crippen LogP contribution in [-0.2, 0) is 4.79 Å². The fourth-order valence-corrected chi connectivity index (χ4v) is 1.57. The van der Waals surface area contributed by atoms with Crippen LogP contribution in [0.15, 0.2) is 12.1 Å². The smallest absolute Gasteiger partial charge is 0.185 e. The zero-order chi connectivity index (χ0) is 12.8. The summed E-state index contributed by atoms with van der Waals surface area (Å²) in [6, 6.07) is 1.87. The highest BCUT2D eigenvalue weighted by atomic mass is 32.2. The topological polar surface area (TPSA) is 43.1 Å². The van der Waals surface area contributed by atoms with E-state index in [0.717, 1.165) is 12.1 Å². The fraction of sp³-hybridized carbons (Fsp3) is 0.250. The summed E-state index contributed by atoms with van der Waals surface area (Å²) in [5, 5.41) is 0.0270. The van der Waals surface area contributed by atoms with Gasteiger partial charge in [-0.3, -0.25) is 4.79 Å². The van der Waals surface area contributed by atoms with Gasteiger partial charge in [-0.15, -0.1) is 0 Å². The van der Waals surface area contributed by atoms with Gasteiger partial charge in [0.2, 0.25) is 0 Å². The average molecular weight is 255 g/mol. The van der Waals surface area contributed by atoms with Crippen LogP contribution in [-0.4, -0.2) is 10.9 Å². The number of halogens is 2. The van der Waals surface area contributed by atoms with Crippen molar-refractivity contribution in [2.24, 2.45) is 0 Å². The van der Waals surface area contributed by atoms with Crippen LogP contribution >= 0.6 is 11.8 Å². The molecule has 0 atom stereocenters. The van der Waals surface area contributed by atoms with E-state index in [0.29, 0.717) is 12.2 Å². The number of carbonyl (C=O) groups excluding carboxylic acids is 1. The predicted octanol–water partition coefficient (Wildman–Crippen LogP) is 2.57. The van der Waals surface area contributed by atoms with E-state index in [1.54, 1.807) is 0 Å². The molecule has 0 fully saturated rings. The lowest BCUT2D eigenvalue weighted by Gasteiger charge is -1.99. The maximum atomic E-state index is 12.9. The second-order valence-corrected chi connectivity index (χ2v) is 4.52. The summed E-state index contributed by atoms with van der Waals surface area (Å²) in [7, 11) is 0. The van der Waals surface area contributed by atoms with E-state index in [1.807, 2.05) is 0 Å². The van der Waals surface area contributed by atoms with Crippen LogP contribution in [0.4, 0.5) is 14.5 Å². The highest BCUT2D eigenvalue weighted by Crippen LogP contribution is 2.15. The largest absolute Gasteiger partial charge is 0.398 e. The Morgan fingerprint density at radius 3 is 2.71 bits per heavy atom. The van der Waals surface area contributed by atoms with E-state index in [-0.39, 0.29) is 16.4 Å². The van der Waals surface area contributed by atoms with Crippen molar-refractivity contribution in [2.75, 3.05) is 11.5 Å². The van der Waals surface area contributed by atoms with Gasteiger partial charge in [0.05, 0.1) is 11.3 Å². The first-order chi connectivity index (χ1) is 8.00. The molecule has 1 aromatic rings. The zero-order valence-corrected chi connectivity index (χ0v) is 10.0. The van der Waals surface area contributed by atoms with E-state index < -0.39 is 11.6 Å². The Bertz CT molecular complexity index is 491. The molecule has 1 rings (SSSR count). The second kappa shape index (κ2) is 6.26. The molecule has 0 spiro atoms. The maximum Gasteiger partial charge on any atom is 0.185 e. The number of carbonyl (C=O) groups is 1. The summed E-state index contributed by atoms with van der Waals surface area (Å²) < 4.78 is 25.6. The van der Waals surface area contributed by atoms with Crippen molar-refractivity contribution in [3.8, 4) is 11.8 Å². The van der Waals surface area contributed by atoms with Crippen LogP contribution in [0.2, 0.25) is 0 Å². The maximum absolute atomic E-state index is 12.9. The number of thioether (sulfide) groups is 1. The minimum absolute atomic E-state index is 0.0270. The zero-order valence-electron chi connectivity index (χ0n) is 9.22. The molecule has 0 heterocycles. The van der Waals surface area contributed by atoms with Crippen molar-refractivity contribution in [3.63, 3.8) is 0 Å². The van der Waals surface area contributed by atoms with Gasteiger partial charge >= 0.3 is 0 Å². The molecule has 2 N–H and O–H groups in total. The molecule has 5 heteroatoms. The normalized spacial score (nSPS) is 9.59. The minimum Gasteiger partial charge on any atom is -0.398 e. The third-order valence-corrected chi connectivity index (χ3v) is 2.66. The van der Waals surface area contributed by atoms with E-state index in [9.17, 15) is 13.6 Å². The first-order valence-electron chi connectivity index (χ1n) is 4.87. The van der Waals surface area contributed by atoms with Gasteiger partial charge in [-0.25, -0.2) is 8.78 Å². The lowest BCUT2D eigenvalue weighted by Crippen LogP contribution is -1.94. The van der Waals surface area contributed by atoms with Gasteiger partial charge in [0.25, 0.3) is 0 Å². The van der Waals surface area contributed by atoms with Crippen molar-refractivity contribution in [2.45, 2.75) is 13.3 Å². The minimum atomic E-state index is -0.986. The Labute approximate surface area is 103 Å². The van der Waals surface area contributed by atoms with Crippen LogP contribution in [0.25, 0.3) is 0 Å². The average Bonchev–Trinajstić information content (AvgIpc) is 2.24. The van der Waals surface area contributed by atoms with Crippen LogP contribution in [0.5, 0.6) is 0 Å². The third-order valence-electron chi connectivity index (χ3n) is 1.85. The van der Waals surface area contributed by atoms with Crippen molar-refractivity contribution in [1.82, 2.24) is 0 Å². The molecule has 90 valence electrons. The van der Waals surface area contributed by atoms with Gasteiger partial charge in [-0.05, 0) is 6.07 Å². The molecule has 0 aliphatic rings. The molecule has 0 aromatic heterocycles. The molecule has 0 aliphatic carbocycles. The molecule has 0 aliphatic heterocycles. The molecule has 1 aromatic carbocycles. The number of benzene rings is 1. The van der Waals surface area contributed by atoms with Crippen LogP contribution in [0.1, 0.15) is 18.9 Å². The number of anilines is 1. The first-order valence-corrected chi connectivity index (χ1v) is 5.86. The van der Waals surface area contributed by atoms with E-state index in [4.69, 9.17) is 5.73 Å². The summed E-state index contributed by atoms with van der Waals surface area (Å²) in [5.74, 6) is 4.02. The van der Waals surface area contributed by atoms with Gasteiger partial charge in [0.15, 0.2) is 16.7 Å². The molecule has 17 heavy (non-hydrogen) atoms. The predicted molar refractivity (Wildman–Crippen MR) is 65.4 cm³/mol. The van der Waals surface area contributed by atoms with Gasteiger partial charge in [-0.1, -0.05) is 23.6 Å². The van der Waals surface area contributed by atoms with Crippen molar-refractivity contribution in [3.05, 3.63) is 29.3 Å². The lowest BCUT2D eigenvalue weighted by atomic mass is 10.1. The van der Waals surface area contributed by atoms with Gasteiger partial charge in [-0.2, -0.15) is 0 Å². The first kappa shape index (κ1) is 13.5. The number of hydrogen-bond acceptors (Lipinski definition) is 3. The monoisotopic (exact) mass is 255 g/mol. The van der Waals surface area contributed by atoms with Gasteiger partial charge in [0.1, 0.15) is 0 Å². The SMILES string of the molecule is CC(=O)SCCC#Cc1cc(F)c(F)cc1N. The molecule has 0 bridgehead atoms. The quantitative estimate of drug-likeness (QED) is 0.502. The van der Waals surface area contributed by atoms with Crippen LogP contribution in [0, 0.1) is 23.5 Å². The highest BCUT2D eigenvalue weighted by Gasteiger charge is 2.05. The summed E-state index contributed by atoms with van der Waals surface area (Å²) in [4.78, 5) is 10.6. The fourth-order valence-electron chi connectivity index (χ4n) is 1.07. The number of rotatable bonds is 2. The van der Waals surface area contributed by atoms with Gasteiger partial charge in [0, 0.05) is 25.2 Å². The summed E-state index contributed by atoms with van der Waals surface area (Å²) in [5.41, 5.74) is 5.85. The Morgan fingerprint density at radius 1 is 1.41 bits per heavy atom. The lowest BCUT2D eigenvalue weighted by molar-refractivity contribution is -0.109. The molecular weight excluding hydrogens is 244 g/mol. The molecule has 0 amide bonds. The number of nitrogens with two attached hydrogens (primary N) is 1. The summed E-state index contributed by atoms with van der Waals surface area (Å²) in [6.07, 6.45) is 0.489. The Balaban J connectivity index is 2.66. The van der Waals surface area contributed by atoms with Crippen molar-refractivity contribution < 1.29 is 13.6 Å². The second-order valence-electron chi connectivity index (χ2n) is 3.25. The molecule has 0 saturated heterocycles. The molecule has 0 radical (unpaired) electrons. The van der Waals surface area contributed by atoms with Crippen molar-refractivity contribution in [1.29, 1.82) is 0 Å². The summed E-state index contributed by atoms with van der Waals surface area (Å²) in [6.45, 7) is 1.48. The van der Waals surface area contributed by atoms with Gasteiger partial charge < -0.3 is 5.73 Å². The Kier molecular flexibility index (Phi) is 4.98. The summed E-state index contributed by atoms with van der Waals surface area (Å²) >= 11 is 1.17. The van der Waals surface area contributed by atoms with E-state index >= 15 is 0 Å². The van der Waals surface area contributed by atoms with Crippen molar-refractivity contribution >= 4 is 22.6 Å². The number of nitrogen functional groups attached to an aromatic ring is 1. The Morgan fingerprint density at radius 2 is 2.06 bits per heavy atom. The highest BCUT2D eigenvalue weighted by molar-refractivity contribution is 8.13. The third kappa shape index (κ3) is 4.45.